The van der Waals surface area contributed by atoms with E-state index in [1.807, 2.05) is 19.1 Å². The van der Waals surface area contributed by atoms with Crippen LogP contribution < -0.4 is 5.32 Å². The molecule has 0 spiro atoms. The Morgan fingerprint density at radius 1 is 1.33 bits per heavy atom. The van der Waals surface area contributed by atoms with E-state index in [0.29, 0.717) is 5.92 Å². The van der Waals surface area contributed by atoms with Crippen LogP contribution >= 0.6 is 0 Å². The van der Waals surface area contributed by atoms with Crippen LogP contribution in [0.2, 0.25) is 0 Å². The van der Waals surface area contributed by atoms with Crippen molar-refractivity contribution in [3.63, 3.8) is 0 Å². The summed E-state index contributed by atoms with van der Waals surface area (Å²) >= 11 is 0. The van der Waals surface area contributed by atoms with Crippen molar-refractivity contribution in [3.05, 3.63) is 18.0 Å². The number of aromatic nitrogens is 4. The zero-order chi connectivity index (χ0) is 10.8. The molecule has 0 aromatic carbocycles. The fourth-order valence-corrected chi connectivity index (χ4v) is 1.30. The molecule has 0 aliphatic carbocycles. The van der Waals surface area contributed by atoms with Crippen molar-refractivity contribution in [3.8, 4) is 0 Å². The van der Waals surface area contributed by atoms with Gasteiger partial charge in [-0.25, -0.2) is 0 Å². The van der Waals surface area contributed by atoms with Gasteiger partial charge in [0, 0.05) is 6.54 Å². The molecule has 0 bridgehead atoms. The molecule has 0 amide bonds. The summed E-state index contributed by atoms with van der Waals surface area (Å²) in [6.07, 6.45) is 0. The van der Waals surface area contributed by atoms with Gasteiger partial charge in [0.2, 0.25) is 0 Å². The molecule has 2 heterocycles. The van der Waals surface area contributed by atoms with Gasteiger partial charge in [-0.3, -0.25) is 0 Å². The van der Waals surface area contributed by atoms with E-state index in [-0.39, 0.29) is 0 Å². The van der Waals surface area contributed by atoms with Crippen molar-refractivity contribution in [2.24, 2.45) is 5.92 Å². The first kappa shape index (κ1) is 9.89. The average Bonchev–Trinajstić information content (AvgIpc) is 2.57. The van der Waals surface area contributed by atoms with Crippen LogP contribution in [0.3, 0.4) is 0 Å². The predicted molar refractivity (Wildman–Crippen MR) is 58.8 cm³/mol. The summed E-state index contributed by atoms with van der Waals surface area (Å²) in [4.78, 5) is 0. The van der Waals surface area contributed by atoms with Crippen molar-refractivity contribution in [1.29, 1.82) is 0 Å². The lowest BCUT2D eigenvalue weighted by Crippen LogP contribution is -2.10. The molecular formula is C10H15N5. The molecule has 2 rings (SSSR count). The molecule has 0 saturated heterocycles. The summed E-state index contributed by atoms with van der Waals surface area (Å²) in [7, 11) is 0. The summed E-state index contributed by atoms with van der Waals surface area (Å²) in [5.41, 5.74) is 0.780. The quantitative estimate of drug-likeness (QED) is 0.825. The monoisotopic (exact) mass is 205 g/mol. The highest BCUT2D eigenvalue weighted by Crippen LogP contribution is 2.07. The highest BCUT2D eigenvalue weighted by atomic mass is 15.4. The molecule has 0 saturated carbocycles. The third-order valence-corrected chi connectivity index (χ3v) is 2.11. The van der Waals surface area contributed by atoms with E-state index in [4.69, 9.17) is 0 Å². The standard InChI is InChI=1S/C10H15N5/c1-7(2)6-11-9-4-5-10-13-12-8(3)15(10)14-9/h4-5,7H,6H2,1-3H3,(H,11,14). The van der Waals surface area contributed by atoms with Crippen LogP contribution in [0.5, 0.6) is 0 Å². The van der Waals surface area contributed by atoms with Gasteiger partial charge in [0.15, 0.2) is 11.5 Å². The van der Waals surface area contributed by atoms with Gasteiger partial charge in [0.05, 0.1) is 0 Å². The Bertz CT molecular complexity index is 460. The molecular weight excluding hydrogens is 190 g/mol. The number of rotatable bonds is 3. The minimum absolute atomic E-state index is 0.601. The van der Waals surface area contributed by atoms with Gasteiger partial charge in [-0.05, 0) is 25.0 Å². The molecule has 0 atom stereocenters. The molecule has 80 valence electrons. The zero-order valence-corrected chi connectivity index (χ0v) is 9.23. The second kappa shape index (κ2) is 3.84. The number of hydrogen-bond acceptors (Lipinski definition) is 4. The predicted octanol–water partition coefficient (Wildman–Crippen LogP) is 1.50. The Kier molecular flexibility index (Phi) is 2.53. The maximum atomic E-state index is 4.39. The van der Waals surface area contributed by atoms with Crippen molar-refractivity contribution >= 4 is 11.5 Å². The minimum Gasteiger partial charge on any atom is -0.368 e. The molecule has 0 aliphatic rings. The Labute approximate surface area is 88.5 Å². The molecule has 0 aliphatic heterocycles. The van der Waals surface area contributed by atoms with Gasteiger partial charge in [-0.15, -0.1) is 15.3 Å². The van der Waals surface area contributed by atoms with Crippen LogP contribution in [0.15, 0.2) is 12.1 Å². The largest absolute Gasteiger partial charge is 0.368 e. The third-order valence-electron chi connectivity index (χ3n) is 2.11. The molecule has 15 heavy (non-hydrogen) atoms. The van der Waals surface area contributed by atoms with Crippen molar-refractivity contribution in [2.45, 2.75) is 20.8 Å². The maximum Gasteiger partial charge on any atom is 0.178 e. The first-order chi connectivity index (χ1) is 7.16. The number of anilines is 1. The summed E-state index contributed by atoms with van der Waals surface area (Å²) < 4.78 is 1.74. The Hall–Kier alpha value is -1.65. The van der Waals surface area contributed by atoms with Crippen LogP contribution in [0, 0.1) is 12.8 Å². The number of nitrogens with one attached hydrogen (secondary N) is 1. The fraction of sp³-hybridized carbons (Fsp3) is 0.500. The summed E-state index contributed by atoms with van der Waals surface area (Å²) in [6, 6.07) is 3.83. The lowest BCUT2D eigenvalue weighted by atomic mass is 10.2. The summed E-state index contributed by atoms with van der Waals surface area (Å²) in [5, 5.41) is 15.6. The van der Waals surface area contributed by atoms with Crippen LogP contribution in [0.25, 0.3) is 5.65 Å². The lowest BCUT2D eigenvalue weighted by molar-refractivity contribution is 0.684. The van der Waals surface area contributed by atoms with Gasteiger partial charge in [0.25, 0.3) is 0 Å². The van der Waals surface area contributed by atoms with Crippen LogP contribution in [-0.4, -0.2) is 26.4 Å². The fourth-order valence-electron chi connectivity index (χ4n) is 1.30. The molecule has 0 fully saturated rings. The topological polar surface area (TPSA) is 55.1 Å². The molecule has 0 unspecified atom stereocenters. The third kappa shape index (κ3) is 2.06. The number of aryl methyl sites for hydroxylation is 1. The highest BCUT2D eigenvalue weighted by Gasteiger charge is 2.03. The normalized spacial score (nSPS) is 11.2. The summed E-state index contributed by atoms with van der Waals surface area (Å²) in [6.45, 7) is 7.13. The minimum atomic E-state index is 0.601. The Balaban J connectivity index is 2.25. The van der Waals surface area contributed by atoms with E-state index in [2.05, 4.69) is 34.5 Å². The van der Waals surface area contributed by atoms with E-state index in [0.717, 1.165) is 23.8 Å². The molecule has 1 N–H and O–H groups in total. The van der Waals surface area contributed by atoms with Gasteiger partial charge in [-0.1, -0.05) is 13.8 Å². The van der Waals surface area contributed by atoms with Gasteiger partial charge < -0.3 is 5.32 Å². The lowest BCUT2D eigenvalue weighted by Gasteiger charge is -2.07. The van der Waals surface area contributed by atoms with E-state index >= 15 is 0 Å². The second-order valence-electron chi connectivity index (χ2n) is 4.01. The maximum absolute atomic E-state index is 4.39. The van der Waals surface area contributed by atoms with E-state index in [9.17, 15) is 0 Å². The molecule has 0 radical (unpaired) electrons. The first-order valence-electron chi connectivity index (χ1n) is 5.10. The van der Waals surface area contributed by atoms with Gasteiger partial charge in [-0.2, -0.15) is 4.52 Å². The van der Waals surface area contributed by atoms with E-state index in [1.54, 1.807) is 4.52 Å². The highest BCUT2D eigenvalue weighted by molar-refractivity contribution is 5.43. The SMILES string of the molecule is Cc1nnc2ccc(NCC(C)C)nn12. The Morgan fingerprint density at radius 3 is 2.87 bits per heavy atom. The Morgan fingerprint density at radius 2 is 2.13 bits per heavy atom. The average molecular weight is 205 g/mol. The second-order valence-corrected chi connectivity index (χ2v) is 4.01. The van der Waals surface area contributed by atoms with E-state index < -0.39 is 0 Å². The molecule has 5 heteroatoms. The van der Waals surface area contributed by atoms with Crippen molar-refractivity contribution in [2.75, 3.05) is 11.9 Å². The zero-order valence-electron chi connectivity index (χ0n) is 9.23. The van der Waals surface area contributed by atoms with Crippen molar-refractivity contribution in [1.82, 2.24) is 19.8 Å². The van der Waals surface area contributed by atoms with E-state index in [1.165, 1.54) is 0 Å². The first-order valence-corrected chi connectivity index (χ1v) is 5.10. The van der Waals surface area contributed by atoms with Gasteiger partial charge >= 0.3 is 0 Å². The number of hydrogen-bond donors (Lipinski definition) is 1. The summed E-state index contributed by atoms with van der Waals surface area (Å²) in [5.74, 6) is 2.27. The molecule has 2 aromatic heterocycles. The van der Waals surface area contributed by atoms with Crippen LogP contribution in [-0.2, 0) is 0 Å². The smallest absolute Gasteiger partial charge is 0.178 e. The molecule has 2 aromatic rings. The van der Waals surface area contributed by atoms with Gasteiger partial charge in [0.1, 0.15) is 5.82 Å². The van der Waals surface area contributed by atoms with Crippen LogP contribution in [0.1, 0.15) is 19.7 Å². The van der Waals surface area contributed by atoms with Crippen LogP contribution in [0.4, 0.5) is 5.82 Å². The number of fused-ring (bicyclic) bond motifs is 1. The van der Waals surface area contributed by atoms with Crippen molar-refractivity contribution < 1.29 is 0 Å². The number of nitrogens with zero attached hydrogens (tertiary/aromatic N) is 4. The molecule has 5 nitrogen and oxygen atoms in total.